The molecule has 6 nitrogen and oxygen atoms in total. The first kappa shape index (κ1) is 18.6. The zero-order chi connectivity index (χ0) is 19.8. The lowest BCUT2D eigenvalue weighted by molar-refractivity contribution is -0.154. The van der Waals surface area contributed by atoms with Crippen LogP contribution in [-0.4, -0.2) is 43.6 Å². The number of rotatable bonds is 3. The fraction of sp³-hybridized carbons (Fsp3) is 0.600. The van der Waals surface area contributed by atoms with Crippen molar-refractivity contribution >= 4 is 21.5 Å². The van der Waals surface area contributed by atoms with Crippen molar-refractivity contribution in [2.75, 3.05) is 6.26 Å². The van der Waals surface area contributed by atoms with Gasteiger partial charge in [0.05, 0.1) is 10.6 Å². The number of ether oxygens (including phenoxy) is 1. The van der Waals surface area contributed by atoms with E-state index in [1.807, 2.05) is 0 Å². The summed E-state index contributed by atoms with van der Waals surface area (Å²) in [6.45, 7) is 6.58. The number of nitrogens with zero attached hydrogens (tertiary/aromatic N) is 1. The standard InChI is InChI=1S/C20H25NO5S/c1-19(2)13-9-10-20(19,3)17-16(13)26-18(23)14(21-17)15(22)11-5-7-12(8-6-11)27(4,24)25/h5-8,13-16,22H,9-10H2,1-4H3/t13-,14+,15-,16-,20+/m1/s1. The number of sulfone groups is 1. The summed E-state index contributed by atoms with van der Waals surface area (Å²) in [6.07, 6.45) is 1.68. The van der Waals surface area contributed by atoms with Gasteiger partial charge in [-0.2, -0.15) is 0 Å². The lowest BCUT2D eigenvalue weighted by Crippen LogP contribution is -2.46. The van der Waals surface area contributed by atoms with Crippen molar-refractivity contribution in [1.82, 2.24) is 0 Å². The largest absolute Gasteiger partial charge is 0.454 e. The van der Waals surface area contributed by atoms with Gasteiger partial charge in [0, 0.05) is 17.6 Å². The molecule has 3 aliphatic rings. The number of hydrogen-bond acceptors (Lipinski definition) is 6. The van der Waals surface area contributed by atoms with Gasteiger partial charge in [-0.05, 0) is 36.0 Å². The van der Waals surface area contributed by atoms with Crippen LogP contribution in [0.3, 0.4) is 0 Å². The normalized spacial score (nSPS) is 35.4. The van der Waals surface area contributed by atoms with Crippen molar-refractivity contribution in [2.24, 2.45) is 21.7 Å². The van der Waals surface area contributed by atoms with Gasteiger partial charge in [0.1, 0.15) is 12.2 Å². The van der Waals surface area contributed by atoms with Crippen LogP contribution in [0.5, 0.6) is 0 Å². The third-order valence-corrected chi connectivity index (χ3v) is 8.34. The van der Waals surface area contributed by atoms with Gasteiger partial charge in [0.15, 0.2) is 15.9 Å². The molecule has 0 spiro atoms. The van der Waals surface area contributed by atoms with Gasteiger partial charge in [-0.1, -0.05) is 32.9 Å². The van der Waals surface area contributed by atoms with Crippen molar-refractivity contribution in [3.63, 3.8) is 0 Å². The molecule has 1 aliphatic heterocycles. The highest BCUT2D eigenvalue weighted by atomic mass is 32.2. The van der Waals surface area contributed by atoms with Crippen LogP contribution in [0.15, 0.2) is 34.2 Å². The predicted molar refractivity (Wildman–Crippen MR) is 100 cm³/mol. The second kappa shape index (κ2) is 5.64. The highest BCUT2D eigenvalue weighted by molar-refractivity contribution is 7.90. The Morgan fingerprint density at radius 3 is 2.44 bits per heavy atom. The summed E-state index contributed by atoms with van der Waals surface area (Å²) in [5, 5.41) is 10.8. The first-order chi connectivity index (χ1) is 12.5. The van der Waals surface area contributed by atoms with Crippen LogP contribution in [0.25, 0.3) is 0 Å². The summed E-state index contributed by atoms with van der Waals surface area (Å²) in [6, 6.07) is 4.88. The molecule has 2 aliphatic carbocycles. The Labute approximate surface area is 159 Å². The van der Waals surface area contributed by atoms with E-state index in [0.29, 0.717) is 5.56 Å². The SMILES string of the molecule is CC1(C)[C@@H]2CC[C@@]1(C)C1=N[C@@H]([C@H](O)c3ccc(S(C)(=O)=O)cc3)C(=O)O[C@@H]12. The number of esters is 1. The average Bonchev–Trinajstić information content (AvgIpc) is 2.92. The summed E-state index contributed by atoms with van der Waals surface area (Å²) < 4.78 is 29.0. The molecule has 7 heteroatoms. The number of aliphatic hydroxyl groups excluding tert-OH is 1. The molecule has 0 aromatic heterocycles. The Morgan fingerprint density at radius 2 is 1.85 bits per heavy atom. The number of carbonyl (C=O) groups excluding carboxylic acids is 1. The van der Waals surface area contributed by atoms with Crippen molar-refractivity contribution in [1.29, 1.82) is 0 Å². The molecule has 1 aromatic carbocycles. The van der Waals surface area contributed by atoms with Crippen LogP contribution >= 0.6 is 0 Å². The summed E-state index contributed by atoms with van der Waals surface area (Å²) in [4.78, 5) is 17.4. The molecule has 0 saturated heterocycles. The molecule has 2 bridgehead atoms. The monoisotopic (exact) mass is 391 g/mol. The highest BCUT2D eigenvalue weighted by Gasteiger charge is 2.67. The Hall–Kier alpha value is -1.73. The zero-order valence-corrected chi connectivity index (χ0v) is 16.8. The van der Waals surface area contributed by atoms with Crippen molar-refractivity contribution in [3.05, 3.63) is 29.8 Å². The third-order valence-electron chi connectivity index (χ3n) is 7.22. The zero-order valence-electron chi connectivity index (χ0n) is 16.0. The van der Waals surface area contributed by atoms with Crippen LogP contribution in [0, 0.1) is 16.7 Å². The molecule has 0 amide bonds. The summed E-state index contributed by atoms with van der Waals surface area (Å²) in [5.41, 5.74) is 1.19. The Kier molecular flexibility index (Phi) is 3.89. The van der Waals surface area contributed by atoms with Gasteiger partial charge in [0.25, 0.3) is 0 Å². The summed E-state index contributed by atoms with van der Waals surface area (Å²) in [5.74, 6) is -0.257. The molecule has 4 rings (SSSR count). The summed E-state index contributed by atoms with van der Waals surface area (Å²) in [7, 11) is -3.32. The topological polar surface area (TPSA) is 93.0 Å². The number of aliphatic imine (C=N–C) groups is 1. The lowest BCUT2D eigenvalue weighted by Gasteiger charge is -2.36. The molecule has 0 radical (unpaired) electrons. The minimum atomic E-state index is -3.32. The van der Waals surface area contributed by atoms with Crippen LogP contribution in [0.4, 0.5) is 0 Å². The minimum Gasteiger partial charge on any atom is -0.454 e. The molecule has 0 unspecified atom stereocenters. The molecule has 5 atom stereocenters. The molecule has 2 saturated carbocycles. The van der Waals surface area contributed by atoms with E-state index in [9.17, 15) is 18.3 Å². The smallest absolute Gasteiger partial charge is 0.334 e. The number of fused-ring (bicyclic) bond motifs is 5. The highest BCUT2D eigenvalue weighted by Crippen LogP contribution is 2.65. The quantitative estimate of drug-likeness (QED) is 0.798. The molecule has 1 heterocycles. The van der Waals surface area contributed by atoms with Gasteiger partial charge >= 0.3 is 5.97 Å². The van der Waals surface area contributed by atoms with Crippen LogP contribution in [-0.2, 0) is 19.4 Å². The van der Waals surface area contributed by atoms with E-state index in [0.717, 1.165) is 24.8 Å². The number of aliphatic hydroxyl groups is 1. The average molecular weight is 391 g/mol. The van der Waals surface area contributed by atoms with Crippen LogP contribution in [0.2, 0.25) is 0 Å². The van der Waals surface area contributed by atoms with Crippen LogP contribution < -0.4 is 0 Å². The van der Waals surface area contributed by atoms with Gasteiger partial charge in [-0.25, -0.2) is 13.2 Å². The summed E-state index contributed by atoms with van der Waals surface area (Å²) >= 11 is 0. The minimum absolute atomic E-state index is 0.00619. The maximum Gasteiger partial charge on any atom is 0.334 e. The van der Waals surface area contributed by atoms with Gasteiger partial charge < -0.3 is 9.84 Å². The fourth-order valence-electron chi connectivity index (χ4n) is 5.07. The van der Waals surface area contributed by atoms with E-state index >= 15 is 0 Å². The first-order valence-electron chi connectivity index (χ1n) is 9.23. The molecule has 1 N–H and O–H groups in total. The van der Waals surface area contributed by atoms with E-state index in [-0.39, 0.29) is 27.7 Å². The van der Waals surface area contributed by atoms with E-state index in [1.165, 1.54) is 24.3 Å². The number of hydrogen-bond donors (Lipinski definition) is 1. The van der Waals surface area contributed by atoms with E-state index in [1.54, 1.807) is 0 Å². The second-order valence-corrected chi connectivity index (χ2v) is 10.8. The maximum atomic E-state index is 12.6. The van der Waals surface area contributed by atoms with Gasteiger partial charge in [-0.15, -0.1) is 0 Å². The van der Waals surface area contributed by atoms with Crippen LogP contribution in [0.1, 0.15) is 45.3 Å². The first-order valence-corrected chi connectivity index (χ1v) is 11.1. The lowest BCUT2D eigenvalue weighted by atomic mass is 9.70. The molecule has 146 valence electrons. The van der Waals surface area contributed by atoms with Crippen molar-refractivity contribution in [2.45, 2.75) is 56.8 Å². The van der Waals surface area contributed by atoms with E-state index < -0.39 is 28.0 Å². The maximum absolute atomic E-state index is 12.6. The fourth-order valence-corrected chi connectivity index (χ4v) is 5.70. The van der Waals surface area contributed by atoms with Crippen molar-refractivity contribution in [3.8, 4) is 0 Å². The Morgan fingerprint density at radius 1 is 1.22 bits per heavy atom. The Balaban J connectivity index is 1.68. The van der Waals surface area contributed by atoms with E-state index in [2.05, 4.69) is 20.8 Å². The molecular formula is C20H25NO5S. The third kappa shape index (κ3) is 2.51. The molecule has 2 fully saturated rings. The molecule has 1 aromatic rings. The van der Waals surface area contributed by atoms with Crippen molar-refractivity contribution < 1.29 is 23.1 Å². The predicted octanol–water partition coefficient (Wildman–Crippen LogP) is 2.31. The second-order valence-electron chi connectivity index (χ2n) is 8.80. The number of carbonyl (C=O) groups is 1. The number of benzene rings is 1. The van der Waals surface area contributed by atoms with E-state index in [4.69, 9.17) is 9.73 Å². The van der Waals surface area contributed by atoms with Gasteiger partial charge in [0.2, 0.25) is 0 Å². The Bertz CT molecular complexity index is 934. The molecular weight excluding hydrogens is 366 g/mol. The van der Waals surface area contributed by atoms with Gasteiger partial charge in [-0.3, -0.25) is 4.99 Å². The molecule has 27 heavy (non-hydrogen) atoms.